The molecule has 0 aromatic carbocycles. The lowest BCUT2D eigenvalue weighted by Gasteiger charge is -2.45. The van der Waals surface area contributed by atoms with E-state index in [1.54, 1.807) is 0 Å². The minimum atomic E-state index is 0.508. The molecule has 2 unspecified atom stereocenters. The lowest BCUT2D eigenvalue weighted by atomic mass is 9.69. The number of hydrogen-bond acceptors (Lipinski definition) is 2. The zero-order chi connectivity index (χ0) is 9.54. The number of aryl methyl sites for hydroxylation is 1. The van der Waals surface area contributed by atoms with E-state index in [2.05, 4.69) is 17.4 Å². The van der Waals surface area contributed by atoms with Crippen molar-refractivity contribution in [1.29, 1.82) is 0 Å². The SMILES string of the molecule is Cc1ccc(C2NCC2C2CCC2)o1. The number of nitrogens with one attached hydrogen (secondary N) is 1. The molecule has 1 aliphatic heterocycles. The van der Waals surface area contributed by atoms with Crippen LogP contribution in [0, 0.1) is 18.8 Å². The molecular formula is C12H17NO. The fourth-order valence-electron chi connectivity index (χ4n) is 2.61. The van der Waals surface area contributed by atoms with Gasteiger partial charge in [0.2, 0.25) is 0 Å². The van der Waals surface area contributed by atoms with E-state index in [-0.39, 0.29) is 0 Å². The van der Waals surface area contributed by atoms with Gasteiger partial charge in [0.1, 0.15) is 11.5 Å². The Bertz CT molecular complexity index is 327. The lowest BCUT2D eigenvalue weighted by Crippen LogP contribution is -2.50. The maximum Gasteiger partial charge on any atom is 0.121 e. The Hall–Kier alpha value is -0.760. The van der Waals surface area contributed by atoms with Crippen molar-refractivity contribution in [2.45, 2.75) is 32.2 Å². The van der Waals surface area contributed by atoms with E-state index in [0.717, 1.165) is 23.4 Å². The second-order valence-corrected chi connectivity index (χ2v) is 4.69. The van der Waals surface area contributed by atoms with Crippen molar-refractivity contribution < 1.29 is 4.42 Å². The van der Waals surface area contributed by atoms with E-state index in [1.165, 1.54) is 25.8 Å². The maximum atomic E-state index is 5.67. The Morgan fingerprint density at radius 1 is 1.36 bits per heavy atom. The number of rotatable bonds is 2. The average molecular weight is 191 g/mol. The summed E-state index contributed by atoms with van der Waals surface area (Å²) in [5, 5.41) is 3.48. The van der Waals surface area contributed by atoms with Crippen molar-refractivity contribution in [2.75, 3.05) is 6.54 Å². The fraction of sp³-hybridized carbons (Fsp3) is 0.667. The molecule has 0 radical (unpaired) electrons. The molecule has 76 valence electrons. The van der Waals surface area contributed by atoms with Gasteiger partial charge >= 0.3 is 0 Å². The second kappa shape index (κ2) is 3.13. The first-order valence-corrected chi connectivity index (χ1v) is 5.64. The summed E-state index contributed by atoms with van der Waals surface area (Å²) >= 11 is 0. The minimum absolute atomic E-state index is 0.508. The Kier molecular flexibility index (Phi) is 1.91. The fourth-order valence-corrected chi connectivity index (χ4v) is 2.61. The van der Waals surface area contributed by atoms with E-state index < -0.39 is 0 Å². The normalized spacial score (nSPS) is 32.4. The second-order valence-electron chi connectivity index (χ2n) is 4.69. The molecule has 0 amide bonds. The minimum Gasteiger partial charge on any atom is -0.465 e. The molecule has 0 spiro atoms. The van der Waals surface area contributed by atoms with Crippen LogP contribution < -0.4 is 5.32 Å². The molecule has 3 rings (SSSR count). The summed E-state index contributed by atoms with van der Waals surface area (Å²) in [6.07, 6.45) is 4.30. The molecule has 1 saturated carbocycles. The molecule has 1 aromatic rings. The highest BCUT2D eigenvalue weighted by atomic mass is 16.3. The van der Waals surface area contributed by atoms with Crippen LogP contribution in [0.3, 0.4) is 0 Å². The Balaban J connectivity index is 1.73. The van der Waals surface area contributed by atoms with Crippen LogP contribution in [-0.4, -0.2) is 6.54 Å². The summed E-state index contributed by atoms with van der Waals surface area (Å²) < 4.78 is 5.67. The van der Waals surface area contributed by atoms with Gasteiger partial charge in [-0.05, 0) is 30.9 Å². The van der Waals surface area contributed by atoms with Crippen LogP contribution in [0.2, 0.25) is 0 Å². The molecule has 1 N–H and O–H groups in total. The highest BCUT2D eigenvalue weighted by Crippen LogP contribution is 2.44. The Morgan fingerprint density at radius 2 is 2.21 bits per heavy atom. The van der Waals surface area contributed by atoms with Gasteiger partial charge in [0.15, 0.2) is 0 Å². The van der Waals surface area contributed by atoms with Crippen molar-refractivity contribution in [3.05, 3.63) is 23.7 Å². The van der Waals surface area contributed by atoms with Crippen LogP contribution in [0.15, 0.2) is 16.5 Å². The number of furan rings is 1. The summed E-state index contributed by atoms with van der Waals surface area (Å²) in [6.45, 7) is 3.20. The maximum absolute atomic E-state index is 5.67. The molecular weight excluding hydrogens is 174 g/mol. The molecule has 1 saturated heterocycles. The van der Waals surface area contributed by atoms with Gasteiger partial charge in [-0.25, -0.2) is 0 Å². The van der Waals surface area contributed by atoms with E-state index >= 15 is 0 Å². The van der Waals surface area contributed by atoms with Crippen LogP contribution in [-0.2, 0) is 0 Å². The van der Waals surface area contributed by atoms with Crippen LogP contribution in [0.25, 0.3) is 0 Å². The third-order valence-electron chi connectivity index (χ3n) is 3.82. The topological polar surface area (TPSA) is 25.2 Å². The third-order valence-corrected chi connectivity index (χ3v) is 3.82. The summed E-state index contributed by atoms with van der Waals surface area (Å²) in [7, 11) is 0. The first-order chi connectivity index (χ1) is 6.84. The van der Waals surface area contributed by atoms with Gasteiger partial charge in [0.05, 0.1) is 6.04 Å². The molecule has 2 fully saturated rings. The van der Waals surface area contributed by atoms with Gasteiger partial charge in [0, 0.05) is 6.54 Å². The summed E-state index contributed by atoms with van der Waals surface area (Å²) in [6, 6.07) is 4.69. The molecule has 2 heterocycles. The van der Waals surface area contributed by atoms with Crippen LogP contribution in [0.4, 0.5) is 0 Å². The van der Waals surface area contributed by atoms with Gasteiger partial charge in [-0.3, -0.25) is 0 Å². The van der Waals surface area contributed by atoms with Gasteiger partial charge in [0.25, 0.3) is 0 Å². The van der Waals surface area contributed by atoms with Crippen molar-refractivity contribution in [1.82, 2.24) is 5.32 Å². The third kappa shape index (κ3) is 1.21. The Labute approximate surface area is 84.7 Å². The number of hydrogen-bond donors (Lipinski definition) is 1. The summed E-state index contributed by atoms with van der Waals surface area (Å²) in [4.78, 5) is 0. The predicted molar refractivity (Wildman–Crippen MR) is 55.0 cm³/mol. The average Bonchev–Trinajstić information content (AvgIpc) is 2.41. The van der Waals surface area contributed by atoms with Gasteiger partial charge in [-0.2, -0.15) is 0 Å². The van der Waals surface area contributed by atoms with E-state index in [9.17, 15) is 0 Å². The zero-order valence-corrected chi connectivity index (χ0v) is 8.62. The standard InChI is InChI=1S/C12H17NO/c1-8-5-6-11(14-8)12-10(7-13-12)9-3-2-4-9/h5-6,9-10,12-13H,2-4,7H2,1H3. The predicted octanol–water partition coefficient (Wildman–Crippen LogP) is 2.65. The molecule has 0 bridgehead atoms. The van der Waals surface area contributed by atoms with E-state index in [4.69, 9.17) is 4.42 Å². The molecule has 1 aliphatic carbocycles. The van der Waals surface area contributed by atoms with Gasteiger partial charge < -0.3 is 9.73 Å². The summed E-state index contributed by atoms with van der Waals surface area (Å²) in [5.41, 5.74) is 0. The van der Waals surface area contributed by atoms with Crippen molar-refractivity contribution in [3.63, 3.8) is 0 Å². The molecule has 2 aliphatic rings. The molecule has 2 heteroatoms. The van der Waals surface area contributed by atoms with Gasteiger partial charge in [-0.15, -0.1) is 0 Å². The first-order valence-electron chi connectivity index (χ1n) is 5.64. The largest absolute Gasteiger partial charge is 0.465 e. The van der Waals surface area contributed by atoms with Crippen molar-refractivity contribution in [3.8, 4) is 0 Å². The molecule has 2 atom stereocenters. The van der Waals surface area contributed by atoms with Gasteiger partial charge in [-0.1, -0.05) is 19.3 Å². The first kappa shape index (κ1) is 8.54. The van der Waals surface area contributed by atoms with Crippen molar-refractivity contribution >= 4 is 0 Å². The highest BCUT2D eigenvalue weighted by molar-refractivity contribution is 5.14. The highest BCUT2D eigenvalue weighted by Gasteiger charge is 2.41. The van der Waals surface area contributed by atoms with E-state index in [0.29, 0.717) is 6.04 Å². The van der Waals surface area contributed by atoms with Crippen LogP contribution in [0.1, 0.15) is 36.8 Å². The molecule has 14 heavy (non-hydrogen) atoms. The van der Waals surface area contributed by atoms with Crippen LogP contribution >= 0.6 is 0 Å². The van der Waals surface area contributed by atoms with Crippen LogP contribution in [0.5, 0.6) is 0 Å². The summed E-state index contributed by atoms with van der Waals surface area (Å²) in [5.74, 6) is 3.98. The molecule has 1 aromatic heterocycles. The van der Waals surface area contributed by atoms with E-state index in [1.807, 2.05) is 6.92 Å². The molecule has 2 nitrogen and oxygen atoms in total. The Morgan fingerprint density at radius 3 is 2.64 bits per heavy atom. The zero-order valence-electron chi connectivity index (χ0n) is 8.62. The quantitative estimate of drug-likeness (QED) is 0.777. The monoisotopic (exact) mass is 191 g/mol. The smallest absolute Gasteiger partial charge is 0.121 e. The van der Waals surface area contributed by atoms with Crippen molar-refractivity contribution in [2.24, 2.45) is 11.8 Å². The lowest BCUT2D eigenvalue weighted by molar-refractivity contribution is 0.0813.